The van der Waals surface area contributed by atoms with Crippen LogP contribution < -0.4 is 10.6 Å². The van der Waals surface area contributed by atoms with Crippen LogP contribution in [0.3, 0.4) is 0 Å². The molecule has 0 bridgehead atoms. The Hall–Kier alpha value is -3.14. The first-order chi connectivity index (χ1) is 13.9. The van der Waals surface area contributed by atoms with Crippen molar-refractivity contribution >= 4 is 39.7 Å². The number of rotatable bonds is 2. The lowest BCUT2D eigenvalue weighted by Gasteiger charge is -2.16. The van der Waals surface area contributed by atoms with Gasteiger partial charge in [-0.3, -0.25) is 10.1 Å². The topological polar surface area (TPSA) is 41.1 Å². The molecule has 3 aromatic rings. The molecule has 0 atom stereocenters. The molecule has 0 saturated carbocycles. The number of amides is 1. The number of alkyl halides is 6. The highest BCUT2D eigenvalue weighted by Gasteiger charge is 2.37. The summed E-state index contributed by atoms with van der Waals surface area (Å²) in [6.45, 7) is 0. The largest absolute Gasteiger partial charge is 0.416 e. The van der Waals surface area contributed by atoms with E-state index in [0.717, 1.165) is 5.39 Å². The summed E-state index contributed by atoms with van der Waals surface area (Å²) in [4.78, 5) is 12.5. The van der Waals surface area contributed by atoms with E-state index in [1.165, 1.54) is 6.07 Å². The molecule has 0 unspecified atom stereocenters. The van der Waals surface area contributed by atoms with E-state index in [-0.39, 0.29) is 11.6 Å². The first-order valence-electron chi connectivity index (χ1n) is 8.35. The van der Waals surface area contributed by atoms with Gasteiger partial charge in [-0.05, 0) is 47.3 Å². The van der Waals surface area contributed by atoms with Gasteiger partial charge in [-0.25, -0.2) is 0 Å². The van der Waals surface area contributed by atoms with E-state index in [2.05, 4.69) is 10.6 Å². The molecule has 2 N–H and O–H groups in total. The first kappa shape index (κ1) is 21.6. The van der Waals surface area contributed by atoms with Gasteiger partial charge >= 0.3 is 12.4 Å². The van der Waals surface area contributed by atoms with Crippen LogP contribution in [0.15, 0.2) is 60.7 Å². The smallest absolute Gasteiger partial charge is 0.332 e. The molecule has 0 fully saturated rings. The molecule has 0 spiro atoms. The minimum absolute atomic E-state index is 0.00289. The Morgan fingerprint density at radius 1 is 0.800 bits per heavy atom. The second-order valence-electron chi connectivity index (χ2n) is 6.23. The second kappa shape index (κ2) is 7.94. The molecule has 3 aromatic carbocycles. The fourth-order valence-electron chi connectivity index (χ4n) is 2.78. The summed E-state index contributed by atoms with van der Waals surface area (Å²) in [7, 11) is 0. The average Bonchev–Trinajstić information content (AvgIpc) is 2.65. The van der Waals surface area contributed by atoms with Crippen molar-refractivity contribution in [3.05, 3.63) is 77.4 Å². The van der Waals surface area contributed by atoms with E-state index in [9.17, 15) is 31.1 Å². The Morgan fingerprint density at radius 3 is 1.97 bits per heavy atom. The van der Waals surface area contributed by atoms with Gasteiger partial charge < -0.3 is 5.32 Å². The quantitative estimate of drug-likeness (QED) is 0.378. The molecule has 3 nitrogen and oxygen atoms in total. The number of thiocarbonyl (C=S) groups is 1. The maximum Gasteiger partial charge on any atom is 0.416 e. The standard InChI is InChI=1S/C20H12F6N2OS/c21-19(22,23)12-8-13(20(24,25)26)10-14(9-12)27-18(30)28-17(29)16-7-3-5-11-4-1-2-6-15(11)16/h1-10H,(H2,27,28,29,30). The third kappa shape index (κ3) is 4.88. The van der Waals surface area contributed by atoms with Crippen LogP contribution in [0.25, 0.3) is 10.8 Å². The van der Waals surface area contributed by atoms with Crippen LogP contribution >= 0.6 is 12.2 Å². The highest BCUT2D eigenvalue weighted by atomic mass is 32.1. The van der Waals surface area contributed by atoms with Gasteiger partial charge in [0.15, 0.2) is 5.11 Å². The molecule has 10 heteroatoms. The molecule has 0 radical (unpaired) electrons. The van der Waals surface area contributed by atoms with Gasteiger partial charge in [-0.15, -0.1) is 0 Å². The van der Waals surface area contributed by atoms with E-state index in [0.29, 0.717) is 17.5 Å². The van der Waals surface area contributed by atoms with Crippen LogP contribution in [0, 0.1) is 0 Å². The van der Waals surface area contributed by atoms with Crippen LogP contribution in [0.4, 0.5) is 32.0 Å². The van der Waals surface area contributed by atoms with Crippen LogP contribution in [0.1, 0.15) is 21.5 Å². The Bertz CT molecular complexity index is 1090. The van der Waals surface area contributed by atoms with Gasteiger partial charge in [-0.1, -0.05) is 36.4 Å². The summed E-state index contributed by atoms with van der Waals surface area (Å²) in [6.07, 6.45) is -9.99. The number of hydrogen-bond donors (Lipinski definition) is 2. The van der Waals surface area contributed by atoms with Gasteiger partial charge in [0.2, 0.25) is 0 Å². The van der Waals surface area contributed by atoms with Crippen molar-refractivity contribution in [3.8, 4) is 0 Å². The maximum absolute atomic E-state index is 13.0. The van der Waals surface area contributed by atoms with Gasteiger partial charge in [0.25, 0.3) is 5.91 Å². The normalized spacial score (nSPS) is 11.9. The third-order valence-corrected chi connectivity index (χ3v) is 4.31. The Labute approximate surface area is 171 Å². The summed E-state index contributed by atoms with van der Waals surface area (Å²) >= 11 is 4.90. The minimum atomic E-state index is -4.99. The summed E-state index contributed by atoms with van der Waals surface area (Å²) in [5, 5.41) is 5.43. The van der Waals surface area contributed by atoms with E-state index < -0.39 is 40.2 Å². The van der Waals surface area contributed by atoms with Crippen LogP contribution in [-0.2, 0) is 12.4 Å². The molecule has 0 aromatic heterocycles. The minimum Gasteiger partial charge on any atom is -0.332 e. The summed E-state index contributed by atoms with van der Waals surface area (Å²) in [5.74, 6) is -0.660. The van der Waals surface area contributed by atoms with Crippen molar-refractivity contribution in [1.82, 2.24) is 5.32 Å². The van der Waals surface area contributed by atoms with Gasteiger partial charge in [-0.2, -0.15) is 26.3 Å². The first-order valence-corrected chi connectivity index (χ1v) is 8.75. The maximum atomic E-state index is 13.0. The number of carbonyl (C=O) groups is 1. The van der Waals surface area contributed by atoms with Crippen molar-refractivity contribution in [2.45, 2.75) is 12.4 Å². The molecule has 0 heterocycles. The zero-order chi connectivity index (χ0) is 22.1. The van der Waals surface area contributed by atoms with Crippen molar-refractivity contribution in [2.24, 2.45) is 0 Å². The van der Waals surface area contributed by atoms with Crippen molar-refractivity contribution in [2.75, 3.05) is 5.32 Å². The lowest BCUT2D eigenvalue weighted by atomic mass is 10.0. The highest BCUT2D eigenvalue weighted by molar-refractivity contribution is 7.80. The van der Waals surface area contributed by atoms with Gasteiger partial charge in [0, 0.05) is 11.3 Å². The molecule has 0 saturated heterocycles. The number of carbonyl (C=O) groups excluding carboxylic acids is 1. The Balaban J connectivity index is 1.84. The molecule has 0 aliphatic heterocycles. The number of benzene rings is 3. The highest BCUT2D eigenvalue weighted by Crippen LogP contribution is 2.37. The van der Waals surface area contributed by atoms with Gasteiger partial charge in [0.1, 0.15) is 0 Å². The lowest BCUT2D eigenvalue weighted by molar-refractivity contribution is -0.143. The second-order valence-corrected chi connectivity index (χ2v) is 6.64. The molecule has 156 valence electrons. The van der Waals surface area contributed by atoms with Crippen molar-refractivity contribution in [3.63, 3.8) is 0 Å². The molecule has 30 heavy (non-hydrogen) atoms. The summed E-state index contributed by atoms with van der Waals surface area (Å²) < 4.78 is 77.7. The van der Waals surface area contributed by atoms with Crippen molar-refractivity contribution in [1.29, 1.82) is 0 Å². The predicted octanol–water partition coefficient (Wildman–Crippen LogP) is 6.00. The zero-order valence-corrected chi connectivity index (χ0v) is 15.7. The Morgan fingerprint density at radius 2 is 1.37 bits per heavy atom. The third-order valence-electron chi connectivity index (χ3n) is 4.11. The predicted molar refractivity (Wildman–Crippen MR) is 104 cm³/mol. The number of fused-ring (bicyclic) bond motifs is 1. The van der Waals surface area contributed by atoms with E-state index in [1.807, 2.05) is 0 Å². The van der Waals surface area contributed by atoms with E-state index in [1.54, 1.807) is 36.4 Å². The number of halogens is 6. The van der Waals surface area contributed by atoms with Crippen molar-refractivity contribution < 1.29 is 31.1 Å². The van der Waals surface area contributed by atoms with E-state index in [4.69, 9.17) is 12.2 Å². The fourth-order valence-corrected chi connectivity index (χ4v) is 2.99. The Kier molecular flexibility index (Phi) is 5.71. The number of hydrogen-bond acceptors (Lipinski definition) is 2. The molecule has 0 aliphatic rings. The van der Waals surface area contributed by atoms with E-state index >= 15 is 0 Å². The van der Waals surface area contributed by atoms with Crippen LogP contribution in [-0.4, -0.2) is 11.0 Å². The van der Waals surface area contributed by atoms with Crippen LogP contribution in [0.5, 0.6) is 0 Å². The molecular formula is C20H12F6N2OS. The fraction of sp³-hybridized carbons (Fsp3) is 0.100. The average molecular weight is 442 g/mol. The van der Waals surface area contributed by atoms with Crippen LogP contribution in [0.2, 0.25) is 0 Å². The number of anilines is 1. The molecule has 3 rings (SSSR count). The monoisotopic (exact) mass is 442 g/mol. The lowest BCUT2D eigenvalue weighted by Crippen LogP contribution is -2.34. The summed E-state index contributed by atoms with van der Waals surface area (Å²) in [5.41, 5.74) is -3.30. The number of nitrogens with one attached hydrogen (secondary N) is 2. The molecule has 1 amide bonds. The molecular weight excluding hydrogens is 430 g/mol. The summed E-state index contributed by atoms with van der Waals surface area (Å²) in [6, 6.07) is 12.9. The SMILES string of the molecule is O=C(NC(=S)Nc1cc(C(F)(F)F)cc(C(F)(F)F)c1)c1cccc2ccccc12. The molecule has 0 aliphatic carbocycles. The zero-order valence-electron chi connectivity index (χ0n) is 14.9. The van der Waals surface area contributed by atoms with Gasteiger partial charge in [0.05, 0.1) is 11.1 Å².